The van der Waals surface area contributed by atoms with E-state index in [0.717, 1.165) is 39.1 Å². The van der Waals surface area contributed by atoms with E-state index >= 15 is 0 Å². The van der Waals surface area contributed by atoms with Crippen LogP contribution in [-0.4, -0.2) is 36.4 Å². The minimum Gasteiger partial charge on any atom is -0.472 e. The molecule has 0 aliphatic heterocycles. The van der Waals surface area contributed by atoms with Gasteiger partial charge in [0, 0.05) is 36.1 Å². The maximum Gasteiger partial charge on any atom is 0.232 e. The summed E-state index contributed by atoms with van der Waals surface area (Å²) in [6.07, 6.45) is 3.36. The number of hydrogen-bond acceptors (Lipinski definition) is 9. The molecular weight excluding hydrogens is 687 g/mol. The fourth-order valence-electron chi connectivity index (χ4n) is 4.77. The van der Waals surface area contributed by atoms with Gasteiger partial charge < -0.3 is 19.0 Å². The average Bonchev–Trinajstić information content (AvgIpc) is 3.16. The lowest BCUT2D eigenvalue weighted by molar-refractivity contribution is 0.0522. The highest BCUT2D eigenvalue weighted by molar-refractivity contribution is 6.32. The van der Waals surface area contributed by atoms with Crippen molar-refractivity contribution in [3.63, 3.8) is 0 Å². The Hall–Kier alpha value is -4.35. The van der Waals surface area contributed by atoms with E-state index in [-0.39, 0.29) is 25.4 Å². The van der Waals surface area contributed by atoms with Gasteiger partial charge in [-0.2, -0.15) is 0 Å². The summed E-state index contributed by atoms with van der Waals surface area (Å²) in [5.74, 6) is 0.349. The van der Waals surface area contributed by atoms with Crippen LogP contribution in [-0.2, 0) is 39.0 Å². The molecule has 2 atom stereocenters. The number of hydroxylamine groups is 1. The predicted molar refractivity (Wildman–Crippen MR) is 202 cm³/mol. The van der Waals surface area contributed by atoms with Crippen LogP contribution in [0.2, 0.25) is 10.0 Å². The molecule has 2 heterocycles. The van der Waals surface area contributed by atoms with Gasteiger partial charge in [0.1, 0.15) is 31.1 Å². The van der Waals surface area contributed by atoms with E-state index in [0.29, 0.717) is 34.9 Å². The van der Waals surface area contributed by atoms with Crippen LogP contribution in [0.4, 0.5) is 0 Å². The van der Waals surface area contributed by atoms with Crippen molar-refractivity contribution in [1.29, 1.82) is 0 Å². The second-order valence-corrected chi connectivity index (χ2v) is 12.2. The topological polar surface area (TPSA) is 96.3 Å². The second-order valence-electron chi connectivity index (χ2n) is 11.4. The summed E-state index contributed by atoms with van der Waals surface area (Å²) in [6, 6.07) is 31.6. The first-order valence-electron chi connectivity index (χ1n) is 16.5. The van der Waals surface area contributed by atoms with Gasteiger partial charge in [-0.25, -0.2) is 10.5 Å². The van der Waals surface area contributed by atoms with Gasteiger partial charge in [-0.15, -0.1) is 0 Å². The molecule has 0 amide bonds. The fourth-order valence-corrected chi connectivity index (χ4v) is 5.18. The lowest BCUT2D eigenvalue weighted by atomic mass is 10.0. The molecule has 0 aliphatic rings. The van der Waals surface area contributed by atoms with E-state index in [1.54, 1.807) is 13.2 Å². The Bertz CT molecular complexity index is 1810. The Labute approximate surface area is 310 Å². The smallest absolute Gasteiger partial charge is 0.232 e. The molecule has 9 nitrogen and oxygen atoms in total. The number of rotatable bonds is 16. The largest absolute Gasteiger partial charge is 0.472 e. The molecule has 1 N–H and O–H groups in total. The normalized spacial score (nSPS) is 12.4. The monoisotopic (exact) mass is 730 g/mol. The maximum atomic E-state index is 6.46. The molecule has 51 heavy (non-hydrogen) atoms. The molecule has 11 heteroatoms. The molecule has 5 rings (SSSR count). The van der Waals surface area contributed by atoms with Crippen LogP contribution in [0.3, 0.4) is 0 Å². The SMILES string of the molecule is CNOC/C(=N/OC)c1ccccc1COc1ncc(C(C)OCc2ccccc2)cc1Cl.Cc1ncc(C(C)OCc2ccccc2)cc1Cl. The molecule has 0 spiro atoms. The van der Waals surface area contributed by atoms with Crippen LogP contribution in [0.1, 0.15) is 65.1 Å². The quantitative estimate of drug-likeness (QED) is 0.0793. The number of nitrogens with zero attached hydrogens (tertiary/aromatic N) is 3. The molecule has 0 fully saturated rings. The summed E-state index contributed by atoms with van der Waals surface area (Å²) >= 11 is 12.5. The average molecular weight is 732 g/mol. The molecule has 0 bridgehead atoms. The van der Waals surface area contributed by atoms with Crippen molar-refractivity contribution in [3.05, 3.63) is 159 Å². The van der Waals surface area contributed by atoms with Crippen LogP contribution in [0.5, 0.6) is 5.88 Å². The van der Waals surface area contributed by atoms with E-state index in [1.807, 2.05) is 124 Å². The van der Waals surface area contributed by atoms with Gasteiger partial charge in [0.15, 0.2) is 0 Å². The van der Waals surface area contributed by atoms with Crippen molar-refractivity contribution in [2.45, 2.75) is 52.8 Å². The standard InChI is InChI=1S/C25H28ClN3O4.C15H16ClNO/c1-18(31-15-19-9-5-4-6-10-19)21-13-23(26)25(28-14-21)32-16-20-11-7-8-12-22(20)24(29-30-3)17-33-27-2;1-11-15(16)8-14(9-17-11)12(2)18-10-13-6-4-3-5-7-13/h4-14,18,27H,15-17H2,1-3H3;3-9,12H,10H2,1-2H3/b29-24-;. The zero-order valence-electron chi connectivity index (χ0n) is 29.5. The van der Waals surface area contributed by atoms with Gasteiger partial charge in [0.05, 0.1) is 36.1 Å². The molecule has 0 radical (unpaired) electrons. The number of benzene rings is 3. The van der Waals surface area contributed by atoms with Crippen LogP contribution in [0.25, 0.3) is 0 Å². The molecule has 5 aromatic rings. The van der Waals surface area contributed by atoms with Gasteiger partial charge in [-0.3, -0.25) is 9.82 Å². The second kappa shape index (κ2) is 21.1. The van der Waals surface area contributed by atoms with Gasteiger partial charge >= 0.3 is 0 Å². The molecule has 0 aliphatic carbocycles. The Kier molecular flexibility index (Phi) is 16.3. The third-order valence-electron chi connectivity index (χ3n) is 7.75. The number of pyridine rings is 2. The summed E-state index contributed by atoms with van der Waals surface area (Å²) in [4.78, 5) is 18.9. The fraction of sp³-hybridized carbons (Fsp3) is 0.275. The van der Waals surface area contributed by atoms with E-state index in [4.69, 9.17) is 47.1 Å². The van der Waals surface area contributed by atoms with E-state index < -0.39 is 0 Å². The van der Waals surface area contributed by atoms with E-state index in [1.165, 1.54) is 7.11 Å². The third-order valence-corrected chi connectivity index (χ3v) is 8.40. The van der Waals surface area contributed by atoms with Crippen molar-refractivity contribution in [1.82, 2.24) is 15.4 Å². The number of hydrogen-bond donors (Lipinski definition) is 1. The van der Waals surface area contributed by atoms with E-state index in [2.05, 4.69) is 20.6 Å². The van der Waals surface area contributed by atoms with Crippen molar-refractivity contribution in [2.75, 3.05) is 20.8 Å². The Morgan fingerprint density at radius 2 is 1.29 bits per heavy atom. The summed E-state index contributed by atoms with van der Waals surface area (Å²) in [5.41, 5.74) is 10.0. The molecular formula is C40H44Cl2N4O5. The third kappa shape index (κ3) is 12.7. The molecule has 2 aromatic heterocycles. The first-order valence-corrected chi connectivity index (χ1v) is 17.2. The molecule has 268 valence electrons. The lowest BCUT2D eigenvalue weighted by Gasteiger charge is -2.16. The summed E-state index contributed by atoms with van der Waals surface area (Å²) in [5, 5.41) is 5.18. The van der Waals surface area contributed by atoms with Gasteiger partial charge in [0.2, 0.25) is 5.88 Å². The van der Waals surface area contributed by atoms with E-state index in [9.17, 15) is 0 Å². The first kappa shape index (κ1) is 39.4. The summed E-state index contributed by atoms with van der Waals surface area (Å²) in [6.45, 7) is 7.45. The number of ether oxygens (including phenoxy) is 3. The first-order chi connectivity index (χ1) is 24.8. The van der Waals surface area contributed by atoms with Crippen LogP contribution in [0, 0.1) is 6.92 Å². The Balaban J connectivity index is 0.000000272. The molecule has 3 aromatic carbocycles. The molecule has 0 saturated heterocycles. The zero-order valence-corrected chi connectivity index (χ0v) is 31.0. The maximum absolute atomic E-state index is 6.46. The van der Waals surface area contributed by atoms with Crippen LogP contribution in [0.15, 0.2) is 115 Å². The molecule has 0 saturated carbocycles. The summed E-state index contributed by atoms with van der Waals surface area (Å²) in [7, 11) is 3.18. The van der Waals surface area contributed by atoms with Gasteiger partial charge in [-0.1, -0.05) is 113 Å². The van der Waals surface area contributed by atoms with Crippen molar-refractivity contribution in [2.24, 2.45) is 5.16 Å². The van der Waals surface area contributed by atoms with Crippen molar-refractivity contribution < 1.29 is 23.9 Å². The lowest BCUT2D eigenvalue weighted by Crippen LogP contribution is -2.19. The summed E-state index contributed by atoms with van der Waals surface area (Å²) < 4.78 is 17.7. The number of oxime groups is 1. The zero-order chi connectivity index (χ0) is 36.4. The number of nitrogens with one attached hydrogen (secondary N) is 1. The van der Waals surface area contributed by atoms with Crippen molar-refractivity contribution >= 4 is 28.9 Å². The number of aromatic nitrogens is 2. The Morgan fingerprint density at radius 1 is 0.745 bits per heavy atom. The van der Waals surface area contributed by atoms with Gasteiger partial charge in [-0.05, 0) is 49.6 Å². The highest BCUT2D eigenvalue weighted by Gasteiger charge is 2.15. The highest BCUT2D eigenvalue weighted by Crippen LogP contribution is 2.28. The minimum absolute atomic E-state index is 0.0178. The van der Waals surface area contributed by atoms with Gasteiger partial charge in [0.25, 0.3) is 0 Å². The molecule has 2 unspecified atom stereocenters. The van der Waals surface area contributed by atoms with Crippen LogP contribution < -0.4 is 10.2 Å². The number of aryl methyl sites for hydroxylation is 1. The Morgan fingerprint density at radius 3 is 1.84 bits per heavy atom. The highest BCUT2D eigenvalue weighted by atomic mass is 35.5. The predicted octanol–water partition coefficient (Wildman–Crippen LogP) is 9.41. The minimum atomic E-state index is -0.162. The number of halogens is 2. The van der Waals surface area contributed by atoms with Crippen molar-refractivity contribution in [3.8, 4) is 5.88 Å². The van der Waals surface area contributed by atoms with Crippen LogP contribution >= 0.6 is 23.2 Å².